The van der Waals surface area contributed by atoms with Gasteiger partial charge in [-0.1, -0.05) is 35.3 Å². The molecule has 4 rings (SSSR count). The third kappa shape index (κ3) is 9.30. The van der Waals surface area contributed by atoms with Gasteiger partial charge in [0.25, 0.3) is 0 Å². The number of allylic oxidation sites excluding steroid dienone is 1. The van der Waals surface area contributed by atoms with Gasteiger partial charge in [-0.25, -0.2) is 9.59 Å². The van der Waals surface area contributed by atoms with Gasteiger partial charge in [0, 0.05) is 5.70 Å². The maximum atomic E-state index is 12.5. The number of hydrogen-bond donors (Lipinski definition) is 4. The van der Waals surface area contributed by atoms with Crippen molar-refractivity contribution < 1.29 is 33.6 Å². The summed E-state index contributed by atoms with van der Waals surface area (Å²) in [5.74, 6) is 0.890. The maximum absolute atomic E-state index is 12.5. The van der Waals surface area contributed by atoms with E-state index in [-0.39, 0.29) is 12.2 Å². The number of methoxy groups -OCH3 is 1. The number of aliphatic hydroxyl groups excluding tert-OH is 1. The number of urea groups is 1. The standard InChI is InChI=1S/C31H30Cl2I2N4O7/c1-4-44-25-12-19(28-27(30(41)43-3)16(2)37-31(42)38-28)6-8-24(25)45-15-26(40)39-36-13-18-10-22(34)29(23(35)11-18)46-14-17-5-7-20(32)21(33)9-17/h5-13,26,28,39-40H,4,14-15H2,1-3H3,(H2,37,38,42)/b36-13+/t26-,28+/m1/s1. The number of halogens is 4. The first kappa shape index (κ1) is 35.9. The SMILES string of the molecule is CCOc1cc([C@@H]2NC(=O)NC(C)=C2C(=O)OC)ccc1OC[C@@H](O)N/N=C/c1cc(I)c(OCc2ccc(Cl)c(Cl)c2)c(I)c1. The second kappa shape index (κ2) is 16.7. The van der Waals surface area contributed by atoms with Crippen LogP contribution in [-0.4, -0.2) is 49.9 Å². The molecule has 2 amide bonds. The Morgan fingerprint density at radius 1 is 1.07 bits per heavy atom. The van der Waals surface area contributed by atoms with E-state index in [9.17, 15) is 14.7 Å². The summed E-state index contributed by atoms with van der Waals surface area (Å²) in [6, 6.07) is 13.0. The Labute approximate surface area is 303 Å². The van der Waals surface area contributed by atoms with Crippen molar-refractivity contribution in [3.05, 3.63) is 93.7 Å². The van der Waals surface area contributed by atoms with Crippen molar-refractivity contribution >= 4 is 86.6 Å². The molecule has 0 saturated carbocycles. The van der Waals surface area contributed by atoms with Gasteiger partial charge < -0.3 is 34.7 Å². The first-order valence-electron chi connectivity index (χ1n) is 13.8. The fourth-order valence-corrected chi connectivity index (χ4v) is 6.85. The lowest BCUT2D eigenvalue weighted by Gasteiger charge is -2.28. The Balaban J connectivity index is 1.37. The molecule has 1 heterocycles. The summed E-state index contributed by atoms with van der Waals surface area (Å²) in [7, 11) is 1.27. The average molecular weight is 895 g/mol. The number of carbonyl (C=O) groups is 2. The summed E-state index contributed by atoms with van der Waals surface area (Å²) in [6.07, 6.45) is 0.441. The number of nitrogens with zero attached hydrogens (tertiary/aromatic N) is 1. The monoisotopic (exact) mass is 894 g/mol. The van der Waals surface area contributed by atoms with E-state index >= 15 is 0 Å². The van der Waals surface area contributed by atoms with Gasteiger partial charge in [0.1, 0.15) is 19.0 Å². The van der Waals surface area contributed by atoms with E-state index in [1.807, 2.05) is 25.1 Å². The molecule has 0 saturated heterocycles. The average Bonchev–Trinajstić information content (AvgIpc) is 3.01. The largest absolute Gasteiger partial charge is 0.490 e. The van der Waals surface area contributed by atoms with Gasteiger partial charge in [0.2, 0.25) is 0 Å². The lowest BCUT2D eigenvalue weighted by Crippen LogP contribution is -2.45. The summed E-state index contributed by atoms with van der Waals surface area (Å²) < 4.78 is 24.3. The molecule has 0 bridgehead atoms. The zero-order valence-corrected chi connectivity index (χ0v) is 30.7. The van der Waals surface area contributed by atoms with Crippen molar-refractivity contribution in [2.75, 3.05) is 20.3 Å². The van der Waals surface area contributed by atoms with E-state index in [1.165, 1.54) is 7.11 Å². The van der Waals surface area contributed by atoms with Crippen molar-refractivity contribution in [1.29, 1.82) is 0 Å². The second-order valence-corrected chi connectivity index (χ2v) is 12.9. The molecule has 1 aliphatic rings. The molecule has 15 heteroatoms. The highest BCUT2D eigenvalue weighted by atomic mass is 127. The number of aliphatic hydroxyl groups is 1. The number of esters is 1. The number of hydrogen-bond acceptors (Lipinski definition) is 9. The van der Waals surface area contributed by atoms with E-state index in [2.05, 4.69) is 66.3 Å². The molecule has 1 aliphatic heterocycles. The molecule has 0 aromatic heterocycles. The van der Waals surface area contributed by atoms with Crippen LogP contribution in [0.15, 0.2) is 64.9 Å². The van der Waals surface area contributed by atoms with Crippen LogP contribution in [0.2, 0.25) is 10.0 Å². The predicted molar refractivity (Wildman–Crippen MR) is 192 cm³/mol. The van der Waals surface area contributed by atoms with Crippen LogP contribution in [0.1, 0.15) is 36.6 Å². The minimum Gasteiger partial charge on any atom is -0.490 e. The number of carbonyl (C=O) groups excluding carboxylic acids is 2. The number of hydrazone groups is 1. The molecule has 0 aliphatic carbocycles. The Morgan fingerprint density at radius 3 is 2.48 bits per heavy atom. The van der Waals surface area contributed by atoms with Crippen LogP contribution < -0.4 is 30.3 Å². The fourth-order valence-electron chi connectivity index (χ4n) is 4.40. The molecule has 0 radical (unpaired) electrons. The highest BCUT2D eigenvalue weighted by molar-refractivity contribution is 14.1. The molecule has 2 atom stereocenters. The van der Waals surface area contributed by atoms with Crippen LogP contribution >= 0.6 is 68.4 Å². The summed E-state index contributed by atoms with van der Waals surface area (Å²) >= 11 is 16.5. The van der Waals surface area contributed by atoms with Gasteiger partial charge in [0.05, 0.1) is 48.7 Å². The quantitative estimate of drug-likeness (QED) is 0.0516. The van der Waals surface area contributed by atoms with E-state index in [1.54, 1.807) is 43.5 Å². The minimum atomic E-state index is -1.14. The van der Waals surface area contributed by atoms with Crippen LogP contribution in [0.25, 0.3) is 0 Å². The van der Waals surface area contributed by atoms with Gasteiger partial charge in [-0.05, 0) is 112 Å². The number of amides is 2. The first-order valence-corrected chi connectivity index (χ1v) is 16.7. The van der Waals surface area contributed by atoms with Gasteiger partial charge in [-0.2, -0.15) is 5.10 Å². The van der Waals surface area contributed by atoms with Gasteiger partial charge in [-0.3, -0.25) is 5.43 Å². The highest BCUT2D eigenvalue weighted by Crippen LogP contribution is 2.35. The Kier molecular flexibility index (Phi) is 13.0. The first-order chi connectivity index (χ1) is 22.0. The third-order valence-electron chi connectivity index (χ3n) is 6.50. The minimum absolute atomic E-state index is 0.149. The topological polar surface area (TPSA) is 140 Å². The molecule has 0 fully saturated rings. The van der Waals surface area contributed by atoms with Crippen LogP contribution in [0, 0.1) is 7.14 Å². The molecule has 244 valence electrons. The molecule has 0 unspecified atom stereocenters. The second-order valence-electron chi connectivity index (χ2n) is 9.77. The number of nitrogens with one attached hydrogen (secondary N) is 3. The predicted octanol–water partition coefficient (Wildman–Crippen LogP) is 6.30. The summed E-state index contributed by atoms with van der Waals surface area (Å²) in [5, 5.41) is 20.9. The van der Waals surface area contributed by atoms with E-state index in [0.29, 0.717) is 46.0 Å². The molecular weight excluding hydrogens is 865 g/mol. The van der Waals surface area contributed by atoms with Gasteiger partial charge in [-0.15, -0.1) is 0 Å². The Hall–Kier alpha value is -2.99. The molecule has 46 heavy (non-hydrogen) atoms. The zero-order chi connectivity index (χ0) is 33.4. The zero-order valence-electron chi connectivity index (χ0n) is 24.8. The van der Waals surface area contributed by atoms with Crippen molar-refractivity contribution in [1.82, 2.24) is 16.1 Å². The summed E-state index contributed by atoms with van der Waals surface area (Å²) in [6.45, 7) is 3.96. The molecule has 3 aromatic rings. The van der Waals surface area contributed by atoms with E-state index < -0.39 is 24.3 Å². The normalized spacial score (nSPS) is 15.2. The highest BCUT2D eigenvalue weighted by Gasteiger charge is 2.32. The van der Waals surface area contributed by atoms with Crippen molar-refractivity contribution in [3.63, 3.8) is 0 Å². The number of rotatable bonds is 13. The Bertz CT molecular complexity index is 1650. The molecule has 11 nitrogen and oxygen atoms in total. The molecular formula is C31H30Cl2I2N4O7. The van der Waals surface area contributed by atoms with Crippen molar-refractivity contribution in [2.24, 2.45) is 5.10 Å². The van der Waals surface area contributed by atoms with Crippen LogP contribution in [-0.2, 0) is 16.1 Å². The fraction of sp³-hybridized carbons (Fsp3) is 0.258. The van der Waals surface area contributed by atoms with Crippen molar-refractivity contribution in [3.8, 4) is 17.2 Å². The molecule has 4 N–H and O–H groups in total. The lowest BCUT2D eigenvalue weighted by atomic mass is 9.95. The number of benzene rings is 3. The van der Waals surface area contributed by atoms with Gasteiger partial charge in [0.15, 0.2) is 17.7 Å². The molecule has 0 spiro atoms. The molecule has 3 aromatic carbocycles. The number of ether oxygens (including phenoxy) is 4. The third-order valence-corrected chi connectivity index (χ3v) is 8.84. The van der Waals surface area contributed by atoms with Crippen molar-refractivity contribution in [2.45, 2.75) is 32.7 Å². The van der Waals surface area contributed by atoms with E-state index in [4.69, 9.17) is 42.1 Å². The van der Waals surface area contributed by atoms with E-state index in [0.717, 1.165) is 24.0 Å². The lowest BCUT2D eigenvalue weighted by molar-refractivity contribution is -0.136. The maximum Gasteiger partial charge on any atom is 0.337 e. The summed E-state index contributed by atoms with van der Waals surface area (Å²) in [5.41, 5.74) is 5.59. The smallest absolute Gasteiger partial charge is 0.337 e. The van der Waals surface area contributed by atoms with Crippen LogP contribution in [0.3, 0.4) is 0 Å². The van der Waals surface area contributed by atoms with Crippen LogP contribution in [0.4, 0.5) is 4.79 Å². The Morgan fingerprint density at radius 2 is 1.80 bits per heavy atom. The summed E-state index contributed by atoms with van der Waals surface area (Å²) in [4.78, 5) is 24.6. The van der Waals surface area contributed by atoms with Gasteiger partial charge >= 0.3 is 12.0 Å². The van der Waals surface area contributed by atoms with Crippen LogP contribution in [0.5, 0.6) is 17.2 Å².